The summed E-state index contributed by atoms with van der Waals surface area (Å²) >= 11 is 1.47. The number of carbonyl (C=O) groups excluding carboxylic acids is 2. The van der Waals surface area contributed by atoms with Crippen LogP contribution in [0.5, 0.6) is 5.75 Å². The van der Waals surface area contributed by atoms with Gasteiger partial charge < -0.3 is 15.4 Å². The number of para-hydroxylation sites is 1. The fraction of sp³-hybridized carbons (Fsp3) is 0.143. The van der Waals surface area contributed by atoms with Gasteiger partial charge in [0.15, 0.2) is 0 Å². The first-order valence-electron chi connectivity index (χ1n) is 8.60. The number of thiophene rings is 1. The molecular weight excluding hydrogens is 360 g/mol. The number of amides is 2. The maximum atomic E-state index is 12.6. The van der Waals surface area contributed by atoms with Gasteiger partial charge in [0.2, 0.25) is 5.91 Å². The Bertz CT molecular complexity index is 1010. The van der Waals surface area contributed by atoms with E-state index in [0.29, 0.717) is 23.6 Å². The fourth-order valence-electron chi connectivity index (χ4n) is 2.98. The molecule has 2 N–H and O–H groups in total. The molecule has 136 valence electrons. The van der Waals surface area contributed by atoms with Gasteiger partial charge in [-0.1, -0.05) is 24.3 Å². The molecule has 2 heterocycles. The molecule has 0 bridgehead atoms. The van der Waals surface area contributed by atoms with Crippen molar-refractivity contribution in [1.82, 2.24) is 5.32 Å². The second-order valence-corrected chi connectivity index (χ2v) is 7.30. The third-order valence-electron chi connectivity index (χ3n) is 4.40. The largest absolute Gasteiger partial charge is 0.488 e. The zero-order valence-electron chi connectivity index (χ0n) is 14.7. The van der Waals surface area contributed by atoms with Crippen LogP contribution in [0.1, 0.15) is 20.8 Å². The van der Waals surface area contributed by atoms with E-state index in [1.807, 2.05) is 54.6 Å². The summed E-state index contributed by atoms with van der Waals surface area (Å²) in [7, 11) is 1.61. The highest BCUT2D eigenvalue weighted by Gasteiger charge is 2.22. The Balaban J connectivity index is 1.50. The highest BCUT2D eigenvalue weighted by Crippen LogP contribution is 2.42. The van der Waals surface area contributed by atoms with Crippen molar-refractivity contribution in [2.75, 3.05) is 12.4 Å². The van der Waals surface area contributed by atoms with Gasteiger partial charge >= 0.3 is 0 Å². The van der Waals surface area contributed by atoms with Gasteiger partial charge in [-0.05, 0) is 35.9 Å². The van der Waals surface area contributed by atoms with Crippen LogP contribution in [-0.2, 0) is 17.8 Å². The van der Waals surface area contributed by atoms with E-state index in [-0.39, 0.29) is 11.8 Å². The lowest BCUT2D eigenvalue weighted by atomic mass is 10.1. The van der Waals surface area contributed by atoms with Crippen LogP contribution in [0.3, 0.4) is 0 Å². The van der Waals surface area contributed by atoms with Gasteiger partial charge in [-0.25, -0.2) is 0 Å². The predicted molar refractivity (Wildman–Crippen MR) is 106 cm³/mol. The minimum atomic E-state index is -0.147. The molecule has 0 spiro atoms. The first kappa shape index (κ1) is 17.3. The Kier molecular flexibility index (Phi) is 4.64. The average Bonchev–Trinajstić information content (AvgIpc) is 3.14. The number of nitrogens with one attached hydrogen (secondary N) is 2. The van der Waals surface area contributed by atoms with Crippen molar-refractivity contribution in [1.29, 1.82) is 0 Å². The first-order chi connectivity index (χ1) is 13.1. The number of ether oxygens (including phenoxy) is 1. The molecule has 1 aliphatic heterocycles. The summed E-state index contributed by atoms with van der Waals surface area (Å²) in [6, 6.07) is 17.1. The van der Waals surface area contributed by atoms with Crippen LogP contribution in [0, 0.1) is 0 Å². The molecule has 27 heavy (non-hydrogen) atoms. The number of rotatable bonds is 4. The molecule has 1 aliphatic rings. The van der Waals surface area contributed by atoms with Crippen LogP contribution < -0.4 is 15.4 Å². The molecule has 0 saturated heterocycles. The average molecular weight is 378 g/mol. The molecule has 0 radical (unpaired) electrons. The Labute approximate surface area is 161 Å². The number of fused-ring (bicyclic) bond motifs is 3. The summed E-state index contributed by atoms with van der Waals surface area (Å²) < 4.78 is 5.76. The van der Waals surface area contributed by atoms with E-state index in [4.69, 9.17) is 4.74 Å². The number of likely N-dealkylation sites (N-methyl/N-ethyl adjacent to an activating group) is 1. The third-order valence-corrected chi connectivity index (χ3v) is 5.61. The van der Waals surface area contributed by atoms with Crippen LogP contribution in [0.4, 0.5) is 5.69 Å². The highest BCUT2D eigenvalue weighted by molar-refractivity contribution is 7.17. The zero-order valence-corrected chi connectivity index (χ0v) is 15.6. The molecule has 0 unspecified atom stereocenters. The van der Waals surface area contributed by atoms with Gasteiger partial charge in [-0.15, -0.1) is 11.3 Å². The second-order valence-electron chi connectivity index (χ2n) is 6.25. The lowest BCUT2D eigenvalue weighted by Crippen LogP contribution is -2.19. The van der Waals surface area contributed by atoms with Crippen LogP contribution in [0.2, 0.25) is 0 Å². The lowest BCUT2D eigenvalue weighted by molar-refractivity contribution is -0.119. The normalized spacial score (nSPS) is 11.7. The van der Waals surface area contributed by atoms with Gasteiger partial charge in [-0.3, -0.25) is 9.59 Å². The first-order valence-corrected chi connectivity index (χ1v) is 9.41. The van der Waals surface area contributed by atoms with E-state index in [1.165, 1.54) is 11.3 Å². The molecule has 0 saturated carbocycles. The van der Waals surface area contributed by atoms with Gasteiger partial charge in [0.25, 0.3) is 5.91 Å². The standard InChI is InChI=1S/C21H18N2O3S/c1-22-19(24)10-13-6-8-15(9-7-13)23-21(25)18-11-14-12-26-17-5-3-2-4-16(17)20(14)27-18/h2-9,11H,10,12H2,1H3,(H,22,24)(H,23,25). The monoisotopic (exact) mass is 378 g/mol. The van der Waals surface area contributed by atoms with Gasteiger partial charge in [0.1, 0.15) is 12.4 Å². The maximum absolute atomic E-state index is 12.6. The maximum Gasteiger partial charge on any atom is 0.265 e. The smallest absolute Gasteiger partial charge is 0.265 e. The van der Waals surface area contributed by atoms with Crippen molar-refractivity contribution in [3.05, 3.63) is 70.6 Å². The molecule has 5 nitrogen and oxygen atoms in total. The van der Waals surface area contributed by atoms with E-state index in [1.54, 1.807) is 7.05 Å². The minimum absolute atomic E-state index is 0.0431. The van der Waals surface area contributed by atoms with Crippen LogP contribution in [0.25, 0.3) is 10.4 Å². The van der Waals surface area contributed by atoms with Crippen molar-refractivity contribution in [2.24, 2.45) is 0 Å². The number of benzene rings is 2. The summed E-state index contributed by atoms with van der Waals surface area (Å²) in [6.07, 6.45) is 0.321. The van der Waals surface area contributed by atoms with Crippen molar-refractivity contribution >= 4 is 28.8 Å². The second kappa shape index (κ2) is 7.25. The molecule has 0 fully saturated rings. The fourth-order valence-corrected chi connectivity index (χ4v) is 4.08. The Morgan fingerprint density at radius 3 is 2.67 bits per heavy atom. The molecule has 1 aromatic heterocycles. The number of hydrogen-bond donors (Lipinski definition) is 2. The van der Waals surface area contributed by atoms with Gasteiger partial charge in [0, 0.05) is 28.7 Å². The van der Waals surface area contributed by atoms with Crippen LogP contribution >= 0.6 is 11.3 Å². The number of anilines is 1. The Hall–Kier alpha value is -3.12. The highest BCUT2D eigenvalue weighted by atomic mass is 32.1. The molecule has 6 heteroatoms. The number of hydrogen-bond acceptors (Lipinski definition) is 4. The van der Waals surface area contributed by atoms with Crippen molar-refractivity contribution < 1.29 is 14.3 Å². The topological polar surface area (TPSA) is 67.4 Å². The molecule has 4 rings (SSSR count). The SMILES string of the molecule is CNC(=O)Cc1ccc(NC(=O)c2cc3c(s2)-c2ccccc2OC3)cc1. The van der Waals surface area contributed by atoms with Crippen molar-refractivity contribution in [3.8, 4) is 16.2 Å². The van der Waals surface area contributed by atoms with Crippen LogP contribution in [-0.4, -0.2) is 18.9 Å². The quantitative estimate of drug-likeness (QED) is 0.725. The van der Waals surface area contributed by atoms with E-state index in [2.05, 4.69) is 10.6 Å². The van der Waals surface area contributed by atoms with Gasteiger partial charge in [-0.2, -0.15) is 0 Å². The van der Waals surface area contributed by atoms with Gasteiger partial charge in [0.05, 0.1) is 11.3 Å². The summed E-state index contributed by atoms with van der Waals surface area (Å²) in [5, 5.41) is 5.51. The lowest BCUT2D eigenvalue weighted by Gasteiger charge is -2.16. The van der Waals surface area contributed by atoms with E-state index < -0.39 is 0 Å². The predicted octanol–water partition coefficient (Wildman–Crippen LogP) is 3.85. The summed E-state index contributed by atoms with van der Waals surface area (Å²) in [5.74, 6) is 0.662. The molecule has 2 aromatic carbocycles. The third kappa shape index (κ3) is 3.57. The van der Waals surface area contributed by atoms with Crippen molar-refractivity contribution in [3.63, 3.8) is 0 Å². The summed E-state index contributed by atoms with van der Waals surface area (Å²) in [5.41, 5.74) is 3.66. The zero-order chi connectivity index (χ0) is 18.8. The Morgan fingerprint density at radius 2 is 1.89 bits per heavy atom. The van der Waals surface area contributed by atoms with E-state index in [9.17, 15) is 9.59 Å². The summed E-state index contributed by atoms with van der Waals surface area (Å²) in [4.78, 5) is 25.8. The Morgan fingerprint density at radius 1 is 1.11 bits per heavy atom. The number of carbonyl (C=O) groups is 2. The van der Waals surface area contributed by atoms with E-state index in [0.717, 1.165) is 27.3 Å². The summed E-state index contributed by atoms with van der Waals surface area (Å²) in [6.45, 7) is 0.477. The molecule has 0 atom stereocenters. The molecule has 2 amide bonds. The molecule has 3 aromatic rings. The molecular formula is C21H18N2O3S. The van der Waals surface area contributed by atoms with Crippen molar-refractivity contribution in [2.45, 2.75) is 13.0 Å². The van der Waals surface area contributed by atoms with Crippen LogP contribution in [0.15, 0.2) is 54.6 Å². The molecule has 0 aliphatic carbocycles. The minimum Gasteiger partial charge on any atom is -0.488 e. The van der Waals surface area contributed by atoms with E-state index >= 15 is 0 Å².